The third kappa shape index (κ3) is 3.76. The lowest BCUT2D eigenvalue weighted by Gasteiger charge is -2.06. The number of rotatable bonds is 4. The number of nitrogens with zero attached hydrogens (tertiary/aromatic N) is 2. The number of hydrogen-bond acceptors (Lipinski definition) is 5. The average molecular weight is 400 g/mol. The first-order chi connectivity index (χ1) is 13.1. The summed E-state index contributed by atoms with van der Waals surface area (Å²) in [4.78, 5) is 27.2. The molecule has 2 amide bonds. The van der Waals surface area contributed by atoms with Crippen molar-refractivity contribution in [3.8, 4) is 0 Å². The van der Waals surface area contributed by atoms with Gasteiger partial charge >= 0.3 is 11.8 Å². The van der Waals surface area contributed by atoms with Gasteiger partial charge in [0.1, 0.15) is 11.0 Å². The Hall–Kier alpha value is -2.97. The molecule has 0 aliphatic heterocycles. The maximum Gasteiger partial charge on any atom is 0.313 e. The molecule has 0 unspecified atom stereocenters. The molecule has 0 aliphatic carbocycles. The molecule has 0 radical (unpaired) electrons. The fourth-order valence-electron chi connectivity index (χ4n) is 2.80. The van der Waals surface area contributed by atoms with Crippen LogP contribution >= 0.6 is 23.3 Å². The predicted octanol–water partition coefficient (Wildman–Crippen LogP) is 3.12. The van der Waals surface area contributed by atoms with Crippen molar-refractivity contribution in [3.63, 3.8) is 0 Å². The minimum atomic E-state index is -0.723. The first-order valence-corrected chi connectivity index (χ1v) is 9.28. The Kier molecular flexibility index (Phi) is 4.74. The molecule has 0 fully saturated rings. The molecule has 4 rings (SSSR count). The molecule has 9 heteroatoms. The van der Waals surface area contributed by atoms with E-state index in [1.807, 2.05) is 24.4 Å². The number of fused-ring (bicyclic) bond motifs is 2. The maximum atomic E-state index is 12.1. The standard InChI is InChI=1S/C18H14ClN5O2S/c19-11-1-3-14-13(7-11)10(9-21-14)5-6-20-17(25)18(26)22-12-2-4-15-16(8-12)24-27-23-15/h1-4,7-9,21H,5-6H2,(H,20,25)(H,22,26). The highest BCUT2D eigenvalue weighted by Crippen LogP contribution is 2.22. The first-order valence-electron chi connectivity index (χ1n) is 8.17. The van der Waals surface area contributed by atoms with Gasteiger partial charge in [0.15, 0.2) is 0 Å². The molecular weight excluding hydrogens is 386 g/mol. The molecule has 2 heterocycles. The first kappa shape index (κ1) is 17.4. The molecule has 0 saturated carbocycles. The monoisotopic (exact) mass is 399 g/mol. The van der Waals surface area contributed by atoms with Crippen LogP contribution < -0.4 is 10.6 Å². The van der Waals surface area contributed by atoms with Crippen molar-refractivity contribution >= 4 is 62.8 Å². The number of nitrogens with one attached hydrogen (secondary N) is 3. The molecule has 3 N–H and O–H groups in total. The van der Waals surface area contributed by atoms with Crippen LogP contribution in [0.2, 0.25) is 5.02 Å². The SMILES string of the molecule is O=C(NCCc1c[nH]c2ccc(Cl)cc12)C(=O)Nc1ccc2nsnc2c1. The van der Waals surface area contributed by atoms with Crippen LogP contribution in [0.15, 0.2) is 42.6 Å². The summed E-state index contributed by atoms with van der Waals surface area (Å²) in [5.74, 6) is -1.41. The molecule has 0 saturated heterocycles. The van der Waals surface area contributed by atoms with Gasteiger partial charge in [0.2, 0.25) is 0 Å². The van der Waals surface area contributed by atoms with E-state index in [2.05, 4.69) is 24.4 Å². The van der Waals surface area contributed by atoms with Gasteiger partial charge < -0.3 is 15.6 Å². The minimum Gasteiger partial charge on any atom is -0.361 e. The van der Waals surface area contributed by atoms with Gasteiger partial charge in [-0.1, -0.05) is 11.6 Å². The van der Waals surface area contributed by atoms with E-state index in [9.17, 15) is 9.59 Å². The van der Waals surface area contributed by atoms with E-state index in [1.165, 1.54) is 0 Å². The summed E-state index contributed by atoms with van der Waals surface area (Å²) >= 11 is 7.13. The number of halogens is 1. The third-order valence-corrected chi connectivity index (χ3v) is 4.92. The number of benzene rings is 2. The normalized spacial score (nSPS) is 11.0. The smallest absolute Gasteiger partial charge is 0.313 e. The van der Waals surface area contributed by atoms with Crippen molar-refractivity contribution in [3.05, 3.63) is 53.2 Å². The lowest BCUT2D eigenvalue weighted by molar-refractivity contribution is -0.136. The van der Waals surface area contributed by atoms with Crippen LogP contribution in [0.1, 0.15) is 5.56 Å². The van der Waals surface area contributed by atoms with Gasteiger partial charge in [-0.05, 0) is 48.4 Å². The maximum absolute atomic E-state index is 12.1. The van der Waals surface area contributed by atoms with Crippen LogP contribution in [-0.2, 0) is 16.0 Å². The van der Waals surface area contributed by atoms with E-state index < -0.39 is 11.8 Å². The zero-order valence-electron chi connectivity index (χ0n) is 14.0. The molecule has 7 nitrogen and oxygen atoms in total. The van der Waals surface area contributed by atoms with Crippen LogP contribution in [0.25, 0.3) is 21.9 Å². The number of aromatic nitrogens is 3. The van der Waals surface area contributed by atoms with E-state index in [1.54, 1.807) is 18.2 Å². The summed E-state index contributed by atoms with van der Waals surface area (Å²) in [6, 6.07) is 10.7. The number of anilines is 1. The number of carbonyl (C=O) groups excluding carboxylic acids is 2. The number of amides is 2. The van der Waals surface area contributed by atoms with Gasteiger partial charge in [-0.15, -0.1) is 0 Å². The molecule has 0 bridgehead atoms. The van der Waals surface area contributed by atoms with Crippen LogP contribution in [0.5, 0.6) is 0 Å². The molecular formula is C18H14ClN5O2S. The van der Waals surface area contributed by atoms with Gasteiger partial charge in [0.25, 0.3) is 0 Å². The summed E-state index contributed by atoms with van der Waals surface area (Å²) in [7, 11) is 0. The van der Waals surface area contributed by atoms with Crippen molar-refractivity contribution in [2.45, 2.75) is 6.42 Å². The molecule has 2 aromatic heterocycles. The second kappa shape index (κ2) is 7.34. The summed E-state index contributed by atoms with van der Waals surface area (Å²) in [6.07, 6.45) is 2.46. The second-order valence-corrected chi connectivity index (χ2v) is 6.90. The van der Waals surface area contributed by atoms with Gasteiger partial charge in [0, 0.05) is 34.4 Å². The average Bonchev–Trinajstić information content (AvgIpc) is 3.28. The fraction of sp³-hybridized carbons (Fsp3) is 0.111. The highest BCUT2D eigenvalue weighted by atomic mass is 35.5. The van der Waals surface area contributed by atoms with Gasteiger partial charge in [-0.2, -0.15) is 8.75 Å². The summed E-state index contributed by atoms with van der Waals surface area (Å²) in [6.45, 7) is 0.334. The van der Waals surface area contributed by atoms with Gasteiger partial charge in [-0.3, -0.25) is 9.59 Å². The van der Waals surface area contributed by atoms with Crippen LogP contribution in [0.3, 0.4) is 0 Å². The van der Waals surface area contributed by atoms with Crippen molar-refractivity contribution in [2.75, 3.05) is 11.9 Å². The topological polar surface area (TPSA) is 99.8 Å². The molecule has 2 aromatic carbocycles. The molecule has 4 aromatic rings. The molecule has 136 valence electrons. The van der Waals surface area contributed by atoms with E-state index in [-0.39, 0.29) is 0 Å². The Balaban J connectivity index is 1.34. The van der Waals surface area contributed by atoms with Crippen molar-refractivity contribution in [1.82, 2.24) is 19.0 Å². The van der Waals surface area contributed by atoms with E-state index in [0.717, 1.165) is 33.7 Å². The van der Waals surface area contributed by atoms with Gasteiger partial charge in [-0.25, -0.2) is 0 Å². The summed E-state index contributed by atoms with van der Waals surface area (Å²) < 4.78 is 8.20. The number of H-pyrrole nitrogens is 1. The third-order valence-electron chi connectivity index (χ3n) is 4.13. The lowest BCUT2D eigenvalue weighted by Crippen LogP contribution is -2.36. The fourth-order valence-corrected chi connectivity index (χ4v) is 3.49. The summed E-state index contributed by atoms with van der Waals surface area (Å²) in [5.41, 5.74) is 3.93. The minimum absolute atomic E-state index is 0.334. The predicted molar refractivity (Wildman–Crippen MR) is 106 cm³/mol. The Morgan fingerprint density at radius 3 is 2.81 bits per heavy atom. The van der Waals surface area contributed by atoms with Crippen LogP contribution in [0, 0.1) is 0 Å². The molecule has 27 heavy (non-hydrogen) atoms. The summed E-state index contributed by atoms with van der Waals surface area (Å²) in [5, 5.41) is 6.85. The van der Waals surface area contributed by atoms with E-state index >= 15 is 0 Å². The van der Waals surface area contributed by atoms with E-state index in [4.69, 9.17) is 11.6 Å². The zero-order valence-corrected chi connectivity index (χ0v) is 15.5. The zero-order chi connectivity index (χ0) is 18.8. The van der Waals surface area contributed by atoms with Crippen LogP contribution in [0.4, 0.5) is 5.69 Å². The molecule has 0 spiro atoms. The highest BCUT2D eigenvalue weighted by Gasteiger charge is 2.14. The Labute approximate surface area is 163 Å². The van der Waals surface area contributed by atoms with Crippen molar-refractivity contribution in [1.29, 1.82) is 0 Å². The van der Waals surface area contributed by atoms with Crippen molar-refractivity contribution in [2.24, 2.45) is 0 Å². The van der Waals surface area contributed by atoms with Gasteiger partial charge in [0.05, 0.1) is 11.7 Å². The number of aromatic amines is 1. The molecule has 0 aliphatic rings. The lowest BCUT2D eigenvalue weighted by atomic mass is 10.1. The second-order valence-electron chi connectivity index (χ2n) is 5.93. The van der Waals surface area contributed by atoms with E-state index in [0.29, 0.717) is 29.2 Å². The quantitative estimate of drug-likeness (QED) is 0.459. The Morgan fingerprint density at radius 2 is 1.93 bits per heavy atom. The Bertz CT molecular complexity index is 1150. The number of carbonyl (C=O) groups is 2. The molecule has 0 atom stereocenters. The van der Waals surface area contributed by atoms with Crippen LogP contribution in [-0.4, -0.2) is 32.1 Å². The Morgan fingerprint density at radius 1 is 1.07 bits per heavy atom. The highest BCUT2D eigenvalue weighted by molar-refractivity contribution is 7.00. The number of hydrogen-bond donors (Lipinski definition) is 3. The van der Waals surface area contributed by atoms with Crippen molar-refractivity contribution < 1.29 is 9.59 Å². The largest absolute Gasteiger partial charge is 0.361 e.